The number of benzene rings is 1. The van der Waals surface area contributed by atoms with Crippen molar-refractivity contribution in [3.63, 3.8) is 0 Å². The van der Waals surface area contributed by atoms with Crippen molar-refractivity contribution < 1.29 is 14.3 Å². The highest BCUT2D eigenvalue weighted by Crippen LogP contribution is 2.27. The highest BCUT2D eigenvalue weighted by atomic mass is 16.5. The number of H-pyrrole nitrogens is 1. The number of carbonyl (C=O) groups is 1. The van der Waals surface area contributed by atoms with Gasteiger partial charge in [0, 0.05) is 18.7 Å². The number of ether oxygens (including phenoxy) is 2. The molecule has 0 bridgehead atoms. The summed E-state index contributed by atoms with van der Waals surface area (Å²) in [6, 6.07) is 7.60. The molecule has 1 aromatic carbocycles. The predicted octanol–water partition coefficient (Wildman–Crippen LogP) is 3.30. The van der Waals surface area contributed by atoms with Gasteiger partial charge in [-0.2, -0.15) is 5.26 Å². The second kappa shape index (κ2) is 9.59. The standard InChI is InChI=1S/C23H27N3O4/c1-14-6-8-20(21(11-14)30-13-17-5-4-10-29-17)26-22(27)9-7-18-15(2)19(12-24)23(28)25-16(18)3/h6,8,11,17H,4-5,7,9-10,13H2,1-3H3,(H,25,28)(H,26,27). The van der Waals surface area contributed by atoms with Crippen LogP contribution >= 0.6 is 0 Å². The van der Waals surface area contributed by atoms with Gasteiger partial charge in [-0.15, -0.1) is 0 Å². The molecule has 0 aliphatic carbocycles. The molecule has 3 rings (SSSR count). The Balaban J connectivity index is 1.67. The molecule has 1 unspecified atom stereocenters. The van der Waals surface area contributed by atoms with Crippen molar-refractivity contribution in [2.75, 3.05) is 18.5 Å². The number of carbonyl (C=O) groups excluding carboxylic acids is 1. The average molecular weight is 409 g/mol. The summed E-state index contributed by atoms with van der Waals surface area (Å²) >= 11 is 0. The van der Waals surface area contributed by atoms with E-state index in [0.717, 1.165) is 30.6 Å². The van der Waals surface area contributed by atoms with Gasteiger partial charge >= 0.3 is 0 Å². The lowest BCUT2D eigenvalue weighted by Crippen LogP contribution is -2.19. The fraction of sp³-hybridized carbons (Fsp3) is 0.435. The molecular weight excluding hydrogens is 382 g/mol. The summed E-state index contributed by atoms with van der Waals surface area (Å²) in [5.41, 5.74) is 3.49. The van der Waals surface area contributed by atoms with Crippen LogP contribution in [0.3, 0.4) is 0 Å². The molecule has 158 valence electrons. The average Bonchev–Trinajstić information content (AvgIpc) is 3.21. The summed E-state index contributed by atoms with van der Waals surface area (Å²) in [4.78, 5) is 27.2. The van der Waals surface area contributed by atoms with Gasteiger partial charge in [-0.1, -0.05) is 6.07 Å². The zero-order valence-electron chi connectivity index (χ0n) is 17.6. The van der Waals surface area contributed by atoms with Gasteiger partial charge in [-0.25, -0.2) is 0 Å². The molecule has 0 spiro atoms. The Morgan fingerprint density at radius 2 is 2.17 bits per heavy atom. The number of hydrogen-bond donors (Lipinski definition) is 2. The van der Waals surface area contributed by atoms with Gasteiger partial charge < -0.3 is 19.8 Å². The highest BCUT2D eigenvalue weighted by molar-refractivity contribution is 5.92. The van der Waals surface area contributed by atoms with E-state index in [1.54, 1.807) is 13.8 Å². The summed E-state index contributed by atoms with van der Waals surface area (Å²) in [6.45, 7) is 6.71. The molecule has 0 radical (unpaired) electrons. The molecular formula is C23H27N3O4. The zero-order chi connectivity index (χ0) is 21.7. The van der Waals surface area contributed by atoms with Crippen LogP contribution in [0.5, 0.6) is 5.75 Å². The van der Waals surface area contributed by atoms with E-state index < -0.39 is 5.56 Å². The monoisotopic (exact) mass is 409 g/mol. The SMILES string of the molecule is Cc1ccc(NC(=O)CCc2c(C)[nH]c(=O)c(C#N)c2C)c(OCC2CCCO2)c1. The largest absolute Gasteiger partial charge is 0.489 e. The number of pyridine rings is 1. The molecule has 1 atom stereocenters. The number of aromatic amines is 1. The molecule has 7 nitrogen and oxygen atoms in total. The van der Waals surface area contributed by atoms with Crippen LogP contribution in [0.2, 0.25) is 0 Å². The van der Waals surface area contributed by atoms with Crippen molar-refractivity contribution in [3.05, 3.63) is 56.5 Å². The molecule has 1 aliphatic heterocycles. The first-order valence-corrected chi connectivity index (χ1v) is 10.2. The number of hydrogen-bond acceptors (Lipinski definition) is 5. The van der Waals surface area contributed by atoms with E-state index in [4.69, 9.17) is 9.47 Å². The Labute approximate surface area is 176 Å². The summed E-state index contributed by atoms with van der Waals surface area (Å²) in [5.74, 6) is 0.464. The van der Waals surface area contributed by atoms with Crippen molar-refractivity contribution in [3.8, 4) is 11.8 Å². The molecule has 1 saturated heterocycles. The van der Waals surface area contributed by atoms with Gasteiger partial charge in [0.2, 0.25) is 5.91 Å². The smallest absolute Gasteiger partial charge is 0.266 e. The maximum atomic E-state index is 12.6. The van der Waals surface area contributed by atoms with E-state index in [-0.39, 0.29) is 24.0 Å². The fourth-order valence-corrected chi connectivity index (χ4v) is 3.68. The van der Waals surface area contributed by atoms with Crippen molar-refractivity contribution in [2.24, 2.45) is 0 Å². The van der Waals surface area contributed by atoms with E-state index >= 15 is 0 Å². The first-order valence-electron chi connectivity index (χ1n) is 10.2. The molecule has 1 aliphatic rings. The lowest BCUT2D eigenvalue weighted by molar-refractivity contribution is -0.116. The van der Waals surface area contributed by atoms with Gasteiger partial charge in [0.25, 0.3) is 5.56 Å². The zero-order valence-corrected chi connectivity index (χ0v) is 17.6. The van der Waals surface area contributed by atoms with E-state index in [1.165, 1.54) is 0 Å². The van der Waals surface area contributed by atoms with Crippen molar-refractivity contribution in [2.45, 2.75) is 52.6 Å². The quantitative estimate of drug-likeness (QED) is 0.730. The Bertz CT molecular complexity index is 1030. The Hall–Kier alpha value is -3.11. The minimum absolute atomic E-state index is 0.0922. The third kappa shape index (κ3) is 5.08. The van der Waals surface area contributed by atoms with Crippen LogP contribution in [0.15, 0.2) is 23.0 Å². The van der Waals surface area contributed by atoms with Gasteiger partial charge in [-0.05, 0) is 68.9 Å². The number of nitrogens with one attached hydrogen (secondary N) is 2. The normalized spacial score (nSPS) is 15.6. The van der Waals surface area contributed by atoms with Gasteiger partial charge in [-0.3, -0.25) is 9.59 Å². The lowest BCUT2D eigenvalue weighted by atomic mass is 9.99. The Kier molecular flexibility index (Phi) is 6.91. The first-order chi connectivity index (χ1) is 14.4. The molecule has 1 aromatic heterocycles. The van der Waals surface area contributed by atoms with E-state index in [0.29, 0.717) is 35.7 Å². The number of rotatable bonds is 7. The number of amides is 1. The number of anilines is 1. The van der Waals surface area contributed by atoms with Crippen LogP contribution in [-0.2, 0) is 16.0 Å². The van der Waals surface area contributed by atoms with Crippen LogP contribution in [0.1, 0.15) is 47.2 Å². The number of nitrogens with zero attached hydrogens (tertiary/aromatic N) is 1. The molecule has 2 N–H and O–H groups in total. The molecule has 2 aromatic rings. The number of aryl methyl sites for hydroxylation is 2. The van der Waals surface area contributed by atoms with Crippen molar-refractivity contribution >= 4 is 11.6 Å². The van der Waals surface area contributed by atoms with Crippen LogP contribution < -0.4 is 15.6 Å². The second-order valence-corrected chi connectivity index (χ2v) is 7.66. The molecule has 0 saturated carbocycles. The first kappa shape index (κ1) is 21.6. The molecule has 1 fully saturated rings. The second-order valence-electron chi connectivity index (χ2n) is 7.66. The Morgan fingerprint density at radius 3 is 2.87 bits per heavy atom. The summed E-state index contributed by atoms with van der Waals surface area (Å²) in [6.07, 6.45) is 2.76. The minimum atomic E-state index is -0.395. The van der Waals surface area contributed by atoms with Gasteiger partial charge in [0.1, 0.15) is 24.0 Å². The van der Waals surface area contributed by atoms with Crippen LogP contribution in [0.4, 0.5) is 5.69 Å². The van der Waals surface area contributed by atoms with Crippen molar-refractivity contribution in [1.29, 1.82) is 5.26 Å². The molecule has 1 amide bonds. The van der Waals surface area contributed by atoms with Crippen molar-refractivity contribution in [1.82, 2.24) is 4.98 Å². The fourth-order valence-electron chi connectivity index (χ4n) is 3.68. The topological polar surface area (TPSA) is 104 Å². The Morgan fingerprint density at radius 1 is 1.37 bits per heavy atom. The van der Waals surface area contributed by atoms with Crippen LogP contribution in [0, 0.1) is 32.1 Å². The van der Waals surface area contributed by atoms with E-state index in [9.17, 15) is 14.9 Å². The van der Waals surface area contributed by atoms with E-state index in [1.807, 2.05) is 31.2 Å². The van der Waals surface area contributed by atoms with Crippen LogP contribution in [-0.4, -0.2) is 30.2 Å². The molecule has 7 heteroatoms. The summed E-state index contributed by atoms with van der Waals surface area (Å²) in [5, 5.41) is 12.1. The molecule has 30 heavy (non-hydrogen) atoms. The van der Waals surface area contributed by atoms with E-state index in [2.05, 4.69) is 10.3 Å². The maximum Gasteiger partial charge on any atom is 0.266 e. The third-order valence-corrected chi connectivity index (χ3v) is 5.38. The maximum absolute atomic E-state index is 12.6. The third-order valence-electron chi connectivity index (χ3n) is 5.38. The van der Waals surface area contributed by atoms with Crippen LogP contribution in [0.25, 0.3) is 0 Å². The van der Waals surface area contributed by atoms with Gasteiger partial charge in [0.05, 0.1) is 11.8 Å². The minimum Gasteiger partial charge on any atom is -0.489 e. The number of nitriles is 1. The predicted molar refractivity (Wildman–Crippen MR) is 114 cm³/mol. The number of aromatic nitrogens is 1. The van der Waals surface area contributed by atoms with Gasteiger partial charge in [0.15, 0.2) is 0 Å². The molecule has 2 heterocycles. The summed E-state index contributed by atoms with van der Waals surface area (Å²) < 4.78 is 11.5. The lowest BCUT2D eigenvalue weighted by Gasteiger charge is -2.16. The summed E-state index contributed by atoms with van der Waals surface area (Å²) in [7, 11) is 0. The highest BCUT2D eigenvalue weighted by Gasteiger charge is 2.18.